The van der Waals surface area contributed by atoms with Gasteiger partial charge in [0.25, 0.3) is 0 Å². The van der Waals surface area contributed by atoms with Crippen molar-refractivity contribution >= 4 is 48.7 Å². The van der Waals surface area contributed by atoms with Gasteiger partial charge in [0.1, 0.15) is 11.0 Å². The predicted octanol–water partition coefficient (Wildman–Crippen LogP) is 9.64. The maximum atomic E-state index is 7.79. The fourth-order valence-corrected chi connectivity index (χ4v) is 7.66. The van der Waals surface area contributed by atoms with Crippen molar-refractivity contribution in [2.45, 2.75) is 39.2 Å². The van der Waals surface area contributed by atoms with Crippen LogP contribution >= 0.6 is 11.3 Å². The van der Waals surface area contributed by atoms with Crippen molar-refractivity contribution in [3.8, 4) is 11.1 Å². The molecule has 190 valence electrons. The molecule has 8 rings (SSSR count). The monoisotopic (exact) mass is 526 g/mol. The van der Waals surface area contributed by atoms with Gasteiger partial charge in [-0.3, -0.25) is 0 Å². The number of rotatable bonds is 2. The smallest absolute Gasteiger partial charge is 0.130 e. The highest BCUT2D eigenvalue weighted by Gasteiger charge is 2.38. The lowest BCUT2D eigenvalue weighted by Gasteiger charge is -2.31. The fraction of sp³-hybridized carbons (Fsp3) is 0.171. The second kappa shape index (κ2) is 7.93. The van der Waals surface area contributed by atoms with Crippen LogP contribution in [0.5, 0.6) is 0 Å². The molecule has 3 heterocycles. The first-order chi connectivity index (χ1) is 20.1. The van der Waals surface area contributed by atoms with E-state index in [1.54, 1.807) is 17.4 Å². The third-order valence-corrected chi connectivity index (χ3v) is 9.63. The molecular formula is C35H29N3S. The topological polar surface area (TPSA) is 28.2 Å². The van der Waals surface area contributed by atoms with Gasteiger partial charge in [-0.25, -0.2) is 4.98 Å². The van der Waals surface area contributed by atoms with Gasteiger partial charge in [0.05, 0.1) is 11.4 Å². The number of anilines is 3. The Balaban J connectivity index is 1.29. The van der Waals surface area contributed by atoms with E-state index >= 15 is 0 Å². The Bertz CT molecular complexity index is 2070. The highest BCUT2D eigenvalue weighted by atomic mass is 32.1. The van der Waals surface area contributed by atoms with Gasteiger partial charge in [0.2, 0.25) is 0 Å². The average Bonchev–Trinajstić information content (AvgIpc) is 3.60. The summed E-state index contributed by atoms with van der Waals surface area (Å²) in [6, 6.07) is 32.2. The van der Waals surface area contributed by atoms with E-state index in [2.05, 4.69) is 115 Å². The zero-order valence-corrected chi connectivity index (χ0v) is 22.9. The van der Waals surface area contributed by atoms with E-state index in [0.717, 1.165) is 37.2 Å². The summed E-state index contributed by atoms with van der Waals surface area (Å²) in [5, 5.41) is 5.89. The zero-order valence-electron chi connectivity index (χ0n) is 25.0. The number of hydrogen-bond donors (Lipinski definition) is 1. The Morgan fingerprint density at radius 1 is 0.846 bits per heavy atom. The van der Waals surface area contributed by atoms with E-state index in [9.17, 15) is 0 Å². The summed E-state index contributed by atoms with van der Waals surface area (Å²) in [7, 11) is 0. The minimum absolute atomic E-state index is 0.0916. The van der Waals surface area contributed by atoms with E-state index in [4.69, 9.17) is 4.11 Å². The summed E-state index contributed by atoms with van der Waals surface area (Å²) < 4.78 is 24.5. The van der Waals surface area contributed by atoms with Crippen LogP contribution in [-0.4, -0.2) is 4.98 Å². The quantitative estimate of drug-likeness (QED) is 0.243. The molecule has 0 bridgehead atoms. The Morgan fingerprint density at radius 3 is 2.59 bits per heavy atom. The Hall–Kier alpha value is -4.15. The van der Waals surface area contributed by atoms with Crippen molar-refractivity contribution < 1.29 is 4.11 Å². The number of para-hydroxylation sites is 2. The van der Waals surface area contributed by atoms with Crippen LogP contribution in [0.4, 0.5) is 17.1 Å². The summed E-state index contributed by atoms with van der Waals surface area (Å²) in [4.78, 5) is 7.70. The fourth-order valence-electron chi connectivity index (χ4n) is 6.61. The Labute approximate surface area is 237 Å². The molecule has 0 saturated heterocycles. The number of aryl methyl sites for hydroxylation is 2. The molecule has 0 spiro atoms. The normalized spacial score (nSPS) is 18.3. The molecule has 0 radical (unpaired) electrons. The Kier molecular flexibility index (Phi) is 4.04. The maximum Gasteiger partial charge on any atom is 0.130 e. The van der Waals surface area contributed by atoms with Crippen LogP contribution in [0.2, 0.25) is 0 Å². The van der Waals surface area contributed by atoms with Crippen molar-refractivity contribution in [1.82, 2.24) is 4.98 Å². The van der Waals surface area contributed by atoms with E-state index in [1.807, 2.05) is 6.07 Å². The molecule has 39 heavy (non-hydrogen) atoms. The van der Waals surface area contributed by atoms with E-state index in [1.165, 1.54) is 33.5 Å². The first-order valence-corrected chi connectivity index (χ1v) is 14.2. The summed E-state index contributed by atoms with van der Waals surface area (Å²) in [6.07, 6.45) is -0.111. The van der Waals surface area contributed by atoms with E-state index < -0.39 is 6.85 Å². The van der Waals surface area contributed by atoms with Gasteiger partial charge < -0.3 is 10.2 Å². The van der Waals surface area contributed by atoms with Crippen LogP contribution in [0.25, 0.3) is 31.4 Å². The zero-order chi connectivity index (χ0) is 29.0. The molecule has 2 aliphatic rings. The van der Waals surface area contributed by atoms with Crippen molar-refractivity contribution in [3.05, 3.63) is 119 Å². The van der Waals surface area contributed by atoms with Gasteiger partial charge >= 0.3 is 0 Å². The van der Waals surface area contributed by atoms with Crippen LogP contribution in [-0.2, 0) is 5.41 Å². The van der Waals surface area contributed by atoms with E-state index in [-0.39, 0.29) is 17.3 Å². The summed E-state index contributed by atoms with van der Waals surface area (Å²) >= 11 is 1.54. The maximum absolute atomic E-state index is 7.79. The van der Waals surface area contributed by atoms with Gasteiger partial charge in [-0.15, -0.1) is 11.3 Å². The molecule has 1 aliphatic heterocycles. The molecule has 1 unspecified atom stereocenters. The number of hydrogen-bond acceptors (Lipinski definition) is 4. The largest absolute Gasteiger partial charge is 0.359 e. The van der Waals surface area contributed by atoms with Gasteiger partial charge in [-0.1, -0.05) is 56.3 Å². The SMILES string of the molecule is [2H]C([2H])([2H])c1ccc2c(n1)sc1ccc(C3Nc4ccccc4N3c3cc4c(cc3C)-c3ccccc3C4(C)C)cc12. The van der Waals surface area contributed by atoms with Gasteiger partial charge in [0, 0.05) is 36.4 Å². The molecule has 1 aliphatic carbocycles. The number of benzene rings is 4. The first kappa shape index (κ1) is 19.9. The number of aromatic nitrogens is 1. The number of nitrogens with one attached hydrogen (secondary N) is 1. The molecule has 2 aromatic heterocycles. The van der Waals surface area contributed by atoms with Gasteiger partial charge in [-0.05, 0) is 95.7 Å². The third-order valence-electron chi connectivity index (χ3n) is 8.55. The van der Waals surface area contributed by atoms with Crippen LogP contribution < -0.4 is 10.2 Å². The second-order valence-corrected chi connectivity index (χ2v) is 12.2. The lowest BCUT2D eigenvalue weighted by atomic mass is 9.82. The Morgan fingerprint density at radius 2 is 1.69 bits per heavy atom. The third kappa shape index (κ3) is 3.18. The highest BCUT2D eigenvalue weighted by molar-refractivity contribution is 7.25. The lowest BCUT2D eigenvalue weighted by Crippen LogP contribution is -2.25. The van der Waals surface area contributed by atoms with Crippen LogP contribution in [0.3, 0.4) is 0 Å². The molecule has 0 fully saturated rings. The number of pyridine rings is 1. The molecule has 0 saturated carbocycles. The standard InChI is InChI=1S/C35H29N3S/c1-20-17-25-23-9-5-6-10-27(23)35(3,4)28(25)19-31(20)38-30-12-8-7-11-29(30)37-33(38)22-14-16-32-26(18-22)24-15-13-21(2)36-34(24)39-32/h5-19,33,37H,1-4H3/i2D3. The lowest BCUT2D eigenvalue weighted by molar-refractivity contribution is 0.659. The van der Waals surface area contributed by atoms with Crippen LogP contribution in [0, 0.1) is 13.8 Å². The molecule has 1 atom stereocenters. The van der Waals surface area contributed by atoms with Crippen molar-refractivity contribution in [2.24, 2.45) is 0 Å². The minimum Gasteiger partial charge on any atom is -0.359 e. The first-order valence-electron chi connectivity index (χ1n) is 14.8. The molecule has 4 aromatic carbocycles. The molecule has 0 amide bonds. The van der Waals surface area contributed by atoms with Crippen LogP contribution in [0.15, 0.2) is 91.0 Å². The average molecular weight is 527 g/mol. The van der Waals surface area contributed by atoms with Gasteiger partial charge in [0.15, 0.2) is 0 Å². The van der Waals surface area contributed by atoms with Crippen molar-refractivity contribution in [1.29, 1.82) is 0 Å². The highest BCUT2D eigenvalue weighted by Crippen LogP contribution is 2.53. The van der Waals surface area contributed by atoms with E-state index in [0.29, 0.717) is 0 Å². The molecular weight excluding hydrogens is 494 g/mol. The number of fused-ring (bicyclic) bond motifs is 7. The summed E-state index contributed by atoms with van der Waals surface area (Å²) in [5.41, 5.74) is 11.2. The minimum atomic E-state index is -2.22. The molecule has 3 nitrogen and oxygen atoms in total. The number of nitrogens with zero attached hydrogens (tertiary/aromatic N) is 2. The molecule has 4 heteroatoms. The molecule has 1 N–H and O–H groups in total. The van der Waals surface area contributed by atoms with Crippen molar-refractivity contribution in [2.75, 3.05) is 10.2 Å². The summed E-state index contributed by atoms with van der Waals surface area (Å²) in [6.45, 7) is 4.64. The molecule has 6 aromatic rings. The number of thiophene rings is 1. The second-order valence-electron chi connectivity index (χ2n) is 11.2. The summed E-state index contributed by atoms with van der Waals surface area (Å²) in [5.74, 6) is 0. The predicted molar refractivity (Wildman–Crippen MR) is 166 cm³/mol. The van der Waals surface area contributed by atoms with Gasteiger partial charge in [-0.2, -0.15) is 0 Å². The van der Waals surface area contributed by atoms with Crippen LogP contribution in [0.1, 0.15) is 52.1 Å². The van der Waals surface area contributed by atoms with Crippen molar-refractivity contribution in [3.63, 3.8) is 0 Å².